The van der Waals surface area contributed by atoms with Gasteiger partial charge in [-0.25, -0.2) is 14.8 Å². The van der Waals surface area contributed by atoms with Crippen LogP contribution in [0, 0.1) is 13.8 Å². The molecule has 0 saturated heterocycles. The minimum atomic E-state index is -0.998. The zero-order valence-corrected chi connectivity index (χ0v) is 19.8. The van der Waals surface area contributed by atoms with Gasteiger partial charge in [-0.3, -0.25) is 0 Å². The van der Waals surface area contributed by atoms with E-state index in [4.69, 9.17) is 9.97 Å². The highest BCUT2D eigenvalue weighted by atomic mass is 79.9. The lowest BCUT2D eigenvalue weighted by Crippen LogP contribution is -2.06. The number of aromatic nitrogens is 3. The zero-order chi connectivity index (χ0) is 22.8. The van der Waals surface area contributed by atoms with E-state index in [0.29, 0.717) is 12.1 Å². The quantitative estimate of drug-likeness (QED) is 0.342. The van der Waals surface area contributed by atoms with E-state index in [-0.39, 0.29) is 4.48 Å². The third-order valence-corrected chi connectivity index (χ3v) is 6.21. The predicted molar refractivity (Wildman–Crippen MR) is 131 cm³/mol. The number of hydrogen-bond acceptors (Lipinski definition) is 3. The molecule has 2 heterocycles. The van der Waals surface area contributed by atoms with Crippen molar-refractivity contribution in [3.05, 3.63) is 98.9 Å². The van der Waals surface area contributed by atoms with Crippen LogP contribution in [0.2, 0.25) is 0 Å². The molecule has 0 radical (unpaired) electrons. The van der Waals surface area contributed by atoms with Crippen molar-refractivity contribution in [2.24, 2.45) is 0 Å². The normalized spacial score (nSPS) is 12.1. The van der Waals surface area contributed by atoms with Gasteiger partial charge in [0.25, 0.3) is 0 Å². The first-order valence-electron chi connectivity index (χ1n) is 10.5. The van der Waals surface area contributed by atoms with Crippen molar-refractivity contribution in [2.75, 3.05) is 0 Å². The summed E-state index contributed by atoms with van der Waals surface area (Å²) in [5, 5.41) is 9.58. The van der Waals surface area contributed by atoms with Gasteiger partial charge in [0.1, 0.15) is 15.8 Å². The van der Waals surface area contributed by atoms with Crippen LogP contribution in [-0.2, 0) is 17.8 Å². The van der Waals surface area contributed by atoms with Gasteiger partial charge in [-0.05, 0) is 58.1 Å². The molecule has 0 atom stereocenters. The maximum atomic E-state index is 11.7. The van der Waals surface area contributed by atoms with Crippen molar-refractivity contribution in [1.82, 2.24) is 14.5 Å². The lowest BCUT2D eigenvalue weighted by Gasteiger charge is -2.12. The Morgan fingerprint density at radius 1 is 1.00 bits per heavy atom. The summed E-state index contributed by atoms with van der Waals surface area (Å²) in [7, 11) is 0. The first-order chi connectivity index (χ1) is 15.4. The molecular weight excluding hydrogens is 466 g/mol. The molecule has 0 unspecified atom stereocenters. The maximum absolute atomic E-state index is 11.7. The van der Waals surface area contributed by atoms with E-state index in [9.17, 15) is 9.90 Å². The number of halogens is 1. The first-order valence-corrected chi connectivity index (χ1v) is 11.3. The second kappa shape index (κ2) is 9.09. The molecule has 1 N–H and O–H groups in total. The number of carboxylic acids is 1. The molecule has 0 aliphatic heterocycles. The molecule has 4 rings (SSSR count). The molecule has 2 aromatic carbocycles. The Balaban J connectivity index is 1.74. The lowest BCUT2D eigenvalue weighted by atomic mass is 9.96. The average molecular weight is 490 g/mol. The number of nitrogens with zero attached hydrogens (tertiary/aromatic N) is 3. The predicted octanol–water partition coefficient (Wildman–Crippen LogP) is 5.90. The van der Waals surface area contributed by atoms with Gasteiger partial charge in [0.15, 0.2) is 5.65 Å². The Morgan fingerprint density at radius 3 is 2.28 bits per heavy atom. The standard InChI is InChI=1S/C26H24BrN3O2/c1-4-21-29-24-16(2)14-17(3)28-25(24)30(21)15-18-10-12-20(13-11-18)22(23(27)26(31)32)19-8-6-5-7-9-19/h5-14H,4,15H2,1-3H3,(H,31,32)/b23-22+. The van der Waals surface area contributed by atoms with Gasteiger partial charge < -0.3 is 9.67 Å². The van der Waals surface area contributed by atoms with E-state index in [1.165, 1.54) is 0 Å². The number of benzene rings is 2. The molecule has 32 heavy (non-hydrogen) atoms. The van der Waals surface area contributed by atoms with Gasteiger partial charge in [-0.1, -0.05) is 61.5 Å². The van der Waals surface area contributed by atoms with Crippen molar-refractivity contribution in [2.45, 2.75) is 33.7 Å². The molecule has 5 nitrogen and oxygen atoms in total. The summed E-state index contributed by atoms with van der Waals surface area (Å²) in [6.45, 7) is 6.83. The molecule has 6 heteroatoms. The highest BCUT2D eigenvalue weighted by Crippen LogP contribution is 2.30. The molecule has 0 bridgehead atoms. The molecule has 0 saturated carbocycles. The molecule has 0 aliphatic carbocycles. The average Bonchev–Trinajstić information content (AvgIpc) is 3.13. The molecule has 0 fully saturated rings. The summed E-state index contributed by atoms with van der Waals surface area (Å²) in [4.78, 5) is 21.3. The number of rotatable bonds is 6. The summed E-state index contributed by atoms with van der Waals surface area (Å²) in [5.74, 6) is 0.00554. The number of fused-ring (bicyclic) bond motifs is 1. The Labute approximate surface area is 195 Å². The molecule has 4 aromatic rings. The molecular formula is C26H24BrN3O2. The summed E-state index contributed by atoms with van der Waals surface area (Å²) >= 11 is 3.27. The van der Waals surface area contributed by atoms with Crippen LogP contribution >= 0.6 is 15.9 Å². The van der Waals surface area contributed by atoms with Gasteiger partial charge in [0.05, 0.1) is 6.54 Å². The van der Waals surface area contributed by atoms with Crippen molar-refractivity contribution >= 4 is 38.6 Å². The fourth-order valence-corrected chi connectivity index (χ4v) is 4.43. The molecule has 0 aliphatic rings. The van der Waals surface area contributed by atoms with Crippen molar-refractivity contribution in [1.29, 1.82) is 0 Å². The van der Waals surface area contributed by atoms with Crippen LogP contribution < -0.4 is 0 Å². The van der Waals surface area contributed by atoms with E-state index in [0.717, 1.165) is 51.4 Å². The van der Waals surface area contributed by atoms with Gasteiger partial charge in [0, 0.05) is 17.7 Å². The Morgan fingerprint density at radius 2 is 1.66 bits per heavy atom. The fourth-order valence-electron chi connectivity index (χ4n) is 3.98. The van der Waals surface area contributed by atoms with Crippen molar-refractivity contribution < 1.29 is 9.90 Å². The minimum absolute atomic E-state index is 0.139. The van der Waals surface area contributed by atoms with Gasteiger partial charge in [-0.2, -0.15) is 0 Å². The van der Waals surface area contributed by atoms with Crippen LogP contribution in [-0.4, -0.2) is 25.6 Å². The third-order valence-electron chi connectivity index (χ3n) is 5.47. The summed E-state index contributed by atoms with van der Waals surface area (Å²) in [5.41, 5.74) is 7.40. The Bertz CT molecular complexity index is 1320. The summed E-state index contributed by atoms with van der Waals surface area (Å²) < 4.78 is 2.31. The lowest BCUT2D eigenvalue weighted by molar-refractivity contribution is -0.131. The molecule has 2 aromatic heterocycles. The van der Waals surface area contributed by atoms with E-state index in [1.54, 1.807) is 0 Å². The highest BCUT2D eigenvalue weighted by Gasteiger charge is 2.17. The van der Waals surface area contributed by atoms with Gasteiger partial charge in [-0.15, -0.1) is 0 Å². The number of aliphatic carboxylic acids is 1. The summed E-state index contributed by atoms with van der Waals surface area (Å²) in [6, 6.07) is 19.6. The molecule has 0 amide bonds. The van der Waals surface area contributed by atoms with E-state index < -0.39 is 5.97 Å². The SMILES string of the molecule is CCc1nc2c(C)cc(C)nc2n1Cc1ccc(/C(=C(/Br)C(=O)O)c2ccccc2)cc1. The number of carboxylic acid groups (broad SMARTS) is 1. The van der Waals surface area contributed by atoms with E-state index in [1.807, 2.05) is 61.5 Å². The van der Waals surface area contributed by atoms with Crippen LogP contribution in [0.4, 0.5) is 0 Å². The van der Waals surface area contributed by atoms with Crippen molar-refractivity contribution in [3.8, 4) is 0 Å². The van der Waals surface area contributed by atoms with Gasteiger partial charge >= 0.3 is 5.97 Å². The highest BCUT2D eigenvalue weighted by molar-refractivity contribution is 9.12. The fraction of sp³-hybridized carbons (Fsp3) is 0.192. The third kappa shape index (κ3) is 4.23. The number of hydrogen-bond donors (Lipinski definition) is 1. The first kappa shape index (κ1) is 22.0. The van der Waals surface area contributed by atoms with E-state index in [2.05, 4.69) is 40.4 Å². The smallest absolute Gasteiger partial charge is 0.343 e. The van der Waals surface area contributed by atoms with Gasteiger partial charge in [0.2, 0.25) is 0 Å². The Kier molecular flexibility index (Phi) is 6.24. The van der Waals surface area contributed by atoms with Crippen LogP contribution in [0.15, 0.2) is 65.1 Å². The van der Waals surface area contributed by atoms with Crippen LogP contribution in [0.5, 0.6) is 0 Å². The Hall–Kier alpha value is -3.25. The monoisotopic (exact) mass is 489 g/mol. The number of pyridine rings is 1. The molecule has 162 valence electrons. The second-order valence-corrected chi connectivity index (χ2v) is 8.57. The zero-order valence-electron chi connectivity index (χ0n) is 18.3. The van der Waals surface area contributed by atoms with E-state index >= 15 is 0 Å². The minimum Gasteiger partial charge on any atom is -0.477 e. The number of imidazole rings is 1. The number of carbonyl (C=O) groups is 1. The second-order valence-electron chi connectivity index (χ2n) is 7.78. The van der Waals surface area contributed by atoms with Crippen LogP contribution in [0.3, 0.4) is 0 Å². The maximum Gasteiger partial charge on any atom is 0.343 e. The topological polar surface area (TPSA) is 68.0 Å². The summed E-state index contributed by atoms with van der Waals surface area (Å²) in [6.07, 6.45) is 0.819. The van der Waals surface area contributed by atoms with Crippen molar-refractivity contribution in [3.63, 3.8) is 0 Å². The largest absolute Gasteiger partial charge is 0.477 e. The van der Waals surface area contributed by atoms with Crippen LogP contribution in [0.25, 0.3) is 16.7 Å². The number of aryl methyl sites for hydroxylation is 3. The van der Waals surface area contributed by atoms with Crippen LogP contribution in [0.1, 0.15) is 40.7 Å². The molecule has 0 spiro atoms.